The standard InChI is InChI=1S/C7H7ClN4O/c1-5(13)6-2-3-7-9-12(8)10-11(7)4-6/h2-4,10H,1H3. The zero-order chi connectivity index (χ0) is 9.42. The zero-order valence-electron chi connectivity index (χ0n) is 6.86. The van der Waals surface area contributed by atoms with Crippen LogP contribution < -0.4 is 5.53 Å². The summed E-state index contributed by atoms with van der Waals surface area (Å²) in [5.74, 6) is 0.658. The summed E-state index contributed by atoms with van der Waals surface area (Å²) >= 11 is 5.56. The number of carbonyl (C=O) groups excluding carboxylic acids is 1. The maximum absolute atomic E-state index is 11.0. The molecule has 0 radical (unpaired) electrons. The molecule has 2 aliphatic rings. The van der Waals surface area contributed by atoms with Crippen LogP contribution in [0.1, 0.15) is 6.92 Å². The monoisotopic (exact) mass is 198 g/mol. The number of carbonyl (C=O) groups is 1. The number of Topliss-reactive ketones (excluding diaryl/α,β-unsaturated/α-hetero) is 1. The lowest BCUT2D eigenvalue weighted by Crippen LogP contribution is -2.36. The first-order valence-corrected chi connectivity index (χ1v) is 4.01. The fraction of sp³-hybridized carbons (Fsp3) is 0.143. The Morgan fingerprint density at radius 3 is 3.08 bits per heavy atom. The Hall–Kier alpha value is -1.33. The van der Waals surface area contributed by atoms with Crippen molar-refractivity contribution in [2.45, 2.75) is 6.92 Å². The summed E-state index contributed by atoms with van der Waals surface area (Å²) in [4.78, 5) is 11.0. The van der Waals surface area contributed by atoms with E-state index in [9.17, 15) is 4.79 Å². The maximum atomic E-state index is 11.0. The van der Waals surface area contributed by atoms with E-state index in [0.717, 1.165) is 4.64 Å². The second-order valence-electron chi connectivity index (χ2n) is 2.66. The van der Waals surface area contributed by atoms with Crippen LogP contribution in [0.15, 0.2) is 29.0 Å². The Kier molecular flexibility index (Phi) is 1.82. The van der Waals surface area contributed by atoms with Crippen LogP contribution in [-0.2, 0) is 4.79 Å². The number of fused-ring (bicyclic) bond motifs is 1. The molecule has 2 aliphatic heterocycles. The van der Waals surface area contributed by atoms with Gasteiger partial charge in [0.25, 0.3) is 0 Å². The number of ketones is 1. The van der Waals surface area contributed by atoms with Crippen LogP contribution in [0.2, 0.25) is 0 Å². The van der Waals surface area contributed by atoms with Crippen molar-refractivity contribution in [3.05, 3.63) is 23.9 Å². The molecule has 2 rings (SSSR count). The van der Waals surface area contributed by atoms with E-state index >= 15 is 0 Å². The lowest BCUT2D eigenvalue weighted by atomic mass is 10.1. The summed E-state index contributed by atoms with van der Waals surface area (Å²) in [5.41, 5.74) is 3.30. The summed E-state index contributed by atoms with van der Waals surface area (Å²) in [6, 6.07) is 0. The molecule has 0 aromatic rings. The number of hydrogen-bond donors (Lipinski definition) is 1. The minimum absolute atomic E-state index is 0.00474. The number of hydrazine groups is 2. The van der Waals surface area contributed by atoms with Gasteiger partial charge in [-0.25, -0.2) is 5.01 Å². The average molecular weight is 199 g/mol. The highest BCUT2D eigenvalue weighted by Crippen LogP contribution is 2.14. The number of rotatable bonds is 1. The summed E-state index contributed by atoms with van der Waals surface area (Å²) in [6.07, 6.45) is 5.06. The molecule has 0 amide bonds. The number of nitrogens with zero attached hydrogens (tertiary/aromatic N) is 3. The molecule has 0 bridgehead atoms. The van der Waals surface area contributed by atoms with Crippen molar-refractivity contribution >= 4 is 23.4 Å². The van der Waals surface area contributed by atoms with Gasteiger partial charge in [-0.1, -0.05) is 0 Å². The Balaban J connectivity index is 2.27. The van der Waals surface area contributed by atoms with Gasteiger partial charge in [-0.3, -0.25) is 4.79 Å². The SMILES string of the molecule is CC(=O)C1=CN2NN(Cl)N=C2C=C1. The summed E-state index contributed by atoms with van der Waals surface area (Å²) in [6.45, 7) is 1.51. The number of nitrogens with one attached hydrogen (secondary N) is 1. The van der Waals surface area contributed by atoms with Crippen molar-refractivity contribution in [3.63, 3.8) is 0 Å². The lowest BCUT2D eigenvalue weighted by molar-refractivity contribution is -0.113. The van der Waals surface area contributed by atoms with Gasteiger partial charge in [-0.05, 0) is 19.1 Å². The quantitative estimate of drug-likeness (QED) is 0.625. The molecule has 5 nitrogen and oxygen atoms in total. The second kappa shape index (κ2) is 2.86. The van der Waals surface area contributed by atoms with E-state index in [0.29, 0.717) is 11.4 Å². The average Bonchev–Trinajstić information content (AvgIpc) is 2.42. The predicted octanol–water partition coefficient (Wildman–Crippen LogP) is 0.534. The van der Waals surface area contributed by atoms with Crippen LogP contribution in [0.5, 0.6) is 0 Å². The minimum Gasteiger partial charge on any atom is -0.294 e. The largest absolute Gasteiger partial charge is 0.294 e. The van der Waals surface area contributed by atoms with E-state index in [1.54, 1.807) is 23.4 Å². The molecule has 0 aromatic carbocycles. The molecular weight excluding hydrogens is 192 g/mol. The Morgan fingerprint density at radius 2 is 2.38 bits per heavy atom. The van der Waals surface area contributed by atoms with E-state index in [-0.39, 0.29) is 5.78 Å². The van der Waals surface area contributed by atoms with E-state index in [2.05, 4.69) is 10.6 Å². The smallest absolute Gasteiger partial charge is 0.171 e. The second-order valence-corrected chi connectivity index (χ2v) is 2.98. The number of halogens is 1. The van der Waals surface area contributed by atoms with Crippen LogP contribution in [0.3, 0.4) is 0 Å². The van der Waals surface area contributed by atoms with Crippen LogP contribution >= 0.6 is 11.8 Å². The van der Waals surface area contributed by atoms with Gasteiger partial charge in [0.15, 0.2) is 11.6 Å². The Labute approximate surface area is 80.0 Å². The Morgan fingerprint density at radius 1 is 1.62 bits per heavy atom. The first-order chi connectivity index (χ1) is 6.16. The summed E-state index contributed by atoms with van der Waals surface area (Å²) < 4.78 is 1.05. The van der Waals surface area contributed by atoms with Crippen molar-refractivity contribution in [1.29, 1.82) is 0 Å². The molecule has 6 heteroatoms. The highest BCUT2D eigenvalue weighted by molar-refractivity contribution is 6.14. The zero-order valence-corrected chi connectivity index (χ0v) is 7.62. The third-order valence-electron chi connectivity index (χ3n) is 1.71. The molecule has 2 heterocycles. The van der Waals surface area contributed by atoms with Crippen LogP contribution in [0.4, 0.5) is 0 Å². The normalized spacial score (nSPS) is 19.8. The van der Waals surface area contributed by atoms with Crippen molar-refractivity contribution < 1.29 is 4.79 Å². The van der Waals surface area contributed by atoms with Gasteiger partial charge in [-0.2, -0.15) is 0 Å². The number of hydrogen-bond acceptors (Lipinski definition) is 5. The van der Waals surface area contributed by atoms with Crippen molar-refractivity contribution in [2.24, 2.45) is 5.10 Å². The van der Waals surface area contributed by atoms with Gasteiger partial charge in [-0.15, -0.1) is 15.3 Å². The fourth-order valence-electron chi connectivity index (χ4n) is 1.06. The first-order valence-electron chi connectivity index (χ1n) is 3.68. The molecule has 68 valence electrons. The molecule has 0 unspecified atom stereocenters. The minimum atomic E-state index is 0.00474. The van der Waals surface area contributed by atoms with Gasteiger partial charge < -0.3 is 0 Å². The van der Waals surface area contributed by atoms with E-state index < -0.39 is 0 Å². The fourth-order valence-corrected chi connectivity index (χ4v) is 1.22. The number of amidine groups is 1. The van der Waals surface area contributed by atoms with Crippen molar-refractivity contribution in [3.8, 4) is 0 Å². The lowest BCUT2D eigenvalue weighted by Gasteiger charge is -2.16. The van der Waals surface area contributed by atoms with E-state index in [1.165, 1.54) is 6.92 Å². The third-order valence-corrected chi connectivity index (χ3v) is 1.87. The molecule has 0 spiro atoms. The predicted molar refractivity (Wildman–Crippen MR) is 48.0 cm³/mol. The molecule has 0 atom stereocenters. The van der Waals surface area contributed by atoms with Gasteiger partial charge in [0.2, 0.25) is 0 Å². The van der Waals surface area contributed by atoms with Gasteiger partial charge in [0.1, 0.15) is 0 Å². The molecule has 13 heavy (non-hydrogen) atoms. The maximum Gasteiger partial charge on any atom is 0.171 e. The first kappa shape index (κ1) is 8.28. The van der Waals surface area contributed by atoms with Crippen molar-refractivity contribution in [1.82, 2.24) is 15.2 Å². The number of allylic oxidation sites excluding steroid dienone is 2. The molecule has 0 fully saturated rings. The van der Waals surface area contributed by atoms with Gasteiger partial charge in [0, 0.05) is 11.8 Å². The Bertz CT molecular complexity index is 346. The topological polar surface area (TPSA) is 47.9 Å². The van der Waals surface area contributed by atoms with E-state index in [4.69, 9.17) is 11.8 Å². The van der Waals surface area contributed by atoms with Crippen molar-refractivity contribution in [2.75, 3.05) is 0 Å². The molecule has 0 saturated carbocycles. The third kappa shape index (κ3) is 1.43. The summed E-state index contributed by atoms with van der Waals surface area (Å²) in [7, 11) is 0. The molecular formula is C7H7ClN4O. The molecule has 0 aromatic heterocycles. The number of hydrazone groups is 1. The highest BCUT2D eigenvalue weighted by atomic mass is 35.5. The molecule has 0 saturated heterocycles. The van der Waals surface area contributed by atoms with Crippen LogP contribution in [0, 0.1) is 0 Å². The molecule has 1 N–H and O–H groups in total. The van der Waals surface area contributed by atoms with Gasteiger partial charge in [0.05, 0.1) is 11.8 Å². The van der Waals surface area contributed by atoms with Crippen LogP contribution in [0.25, 0.3) is 0 Å². The summed E-state index contributed by atoms with van der Waals surface area (Å²) in [5, 5.41) is 5.46. The van der Waals surface area contributed by atoms with Crippen LogP contribution in [-0.4, -0.2) is 21.3 Å². The molecule has 0 aliphatic carbocycles. The van der Waals surface area contributed by atoms with E-state index in [1.807, 2.05) is 0 Å². The highest BCUT2D eigenvalue weighted by Gasteiger charge is 2.21. The van der Waals surface area contributed by atoms with Gasteiger partial charge >= 0.3 is 0 Å².